The van der Waals surface area contributed by atoms with Gasteiger partial charge >= 0.3 is 5.97 Å². The van der Waals surface area contributed by atoms with E-state index in [1.54, 1.807) is 13.1 Å². The molecule has 7 heteroatoms. The Kier molecular flexibility index (Phi) is 3.52. The number of halogens is 1. The summed E-state index contributed by atoms with van der Waals surface area (Å²) in [6.07, 6.45) is 1.49. The number of benzene rings is 1. The third-order valence-corrected chi connectivity index (χ3v) is 2.84. The van der Waals surface area contributed by atoms with E-state index >= 15 is 0 Å². The fourth-order valence-corrected chi connectivity index (χ4v) is 1.70. The topological polar surface area (TPSA) is 84.2 Å². The summed E-state index contributed by atoms with van der Waals surface area (Å²) in [5.74, 6) is -1.50. The van der Waals surface area contributed by atoms with Crippen LogP contribution in [-0.2, 0) is 7.05 Å². The molecule has 0 unspecified atom stereocenters. The molecule has 98 valence electrons. The number of anilines is 1. The molecule has 1 heterocycles. The zero-order chi connectivity index (χ0) is 14.0. The largest absolute Gasteiger partial charge is 0.478 e. The second kappa shape index (κ2) is 5.11. The predicted octanol–water partition coefficient (Wildman–Crippen LogP) is 2.02. The van der Waals surface area contributed by atoms with E-state index in [1.165, 1.54) is 29.1 Å². The molecule has 1 amide bonds. The summed E-state index contributed by atoms with van der Waals surface area (Å²) in [4.78, 5) is 22.8. The Morgan fingerprint density at radius 3 is 2.68 bits per heavy atom. The van der Waals surface area contributed by atoms with Gasteiger partial charge in [0.25, 0.3) is 5.91 Å². The highest BCUT2D eigenvalue weighted by atomic mass is 35.5. The first-order valence-corrected chi connectivity index (χ1v) is 5.69. The molecule has 1 aromatic heterocycles. The average Bonchev–Trinajstić information content (AvgIpc) is 2.78. The lowest BCUT2D eigenvalue weighted by Gasteiger charge is -2.08. The smallest absolute Gasteiger partial charge is 0.335 e. The van der Waals surface area contributed by atoms with Gasteiger partial charge in [-0.3, -0.25) is 9.48 Å². The lowest BCUT2D eigenvalue weighted by Crippen LogP contribution is -2.16. The lowest BCUT2D eigenvalue weighted by atomic mass is 10.2. The van der Waals surface area contributed by atoms with Crippen LogP contribution < -0.4 is 5.32 Å². The molecular weight excluding hydrogens is 270 g/mol. The van der Waals surface area contributed by atoms with Crippen molar-refractivity contribution in [1.29, 1.82) is 0 Å². The molecule has 0 aliphatic heterocycles. The number of hydrogen-bond acceptors (Lipinski definition) is 3. The second-order valence-corrected chi connectivity index (χ2v) is 4.20. The Labute approximate surface area is 113 Å². The van der Waals surface area contributed by atoms with E-state index < -0.39 is 11.9 Å². The maximum absolute atomic E-state index is 12.0. The molecule has 0 atom stereocenters. The molecule has 1 aromatic carbocycles. The molecule has 0 aliphatic rings. The molecule has 6 nitrogen and oxygen atoms in total. The molecule has 0 spiro atoms. The number of carboxylic acid groups (broad SMARTS) is 1. The molecular formula is C12H10ClN3O3. The van der Waals surface area contributed by atoms with Crippen LogP contribution in [0.15, 0.2) is 30.5 Å². The molecule has 0 bridgehead atoms. The number of aryl methyl sites for hydroxylation is 1. The Bertz CT molecular complexity index is 651. The lowest BCUT2D eigenvalue weighted by molar-refractivity contribution is 0.0696. The fourth-order valence-electron chi connectivity index (χ4n) is 1.54. The van der Waals surface area contributed by atoms with Crippen molar-refractivity contribution < 1.29 is 14.7 Å². The van der Waals surface area contributed by atoms with E-state index in [9.17, 15) is 9.59 Å². The van der Waals surface area contributed by atoms with Crippen molar-refractivity contribution in [1.82, 2.24) is 9.78 Å². The maximum Gasteiger partial charge on any atom is 0.335 e. The maximum atomic E-state index is 12.0. The summed E-state index contributed by atoms with van der Waals surface area (Å²) in [7, 11) is 1.63. The van der Waals surface area contributed by atoms with Crippen LogP contribution >= 0.6 is 11.6 Å². The minimum Gasteiger partial charge on any atom is -0.478 e. The zero-order valence-corrected chi connectivity index (χ0v) is 10.7. The molecule has 2 N–H and O–H groups in total. The predicted molar refractivity (Wildman–Crippen MR) is 69.6 cm³/mol. The highest BCUT2D eigenvalue weighted by molar-refractivity contribution is 6.34. The van der Waals surface area contributed by atoms with Gasteiger partial charge in [0.2, 0.25) is 0 Å². The number of nitrogens with one attached hydrogen (secondary N) is 1. The van der Waals surface area contributed by atoms with Crippen LogP contribution in [0.5, 0.6) is 0 Å². The Morgan fingerprint density at radius 1 is 1.37 bits per heavy atom. The minimum atomic E-state index is -1.09. The van der Waals surface area contributed by atoms with Crippen molar-refractivity contribution in [2.75, 3.05) is 5.32 Å². The number of aromatic carboxylic acids is 1. The van der Waals surface area contributed by atoms with Crippen molar-refractivity contribution in [3.63, 3.8) is 0 Å². The molecule has 0 saturated heterocycles. The van der Waals surface area contributed by atoms with Crippen LogP contribution in [0.3, 0.4) is 0 Å². The molecule has 0 fully saturated rings. The van der Waals surface area contributed by atoms with Crippen LogP contribution in [0.1, 0.15) is 20.8 Å². The summed E-state index contributed by atoms with van der Waals surface area (Å²) < 4.78 is 1.41. The first-order chi connectivity index (χ1) is 8.99. The molecule has 2 aromatic rings. The summed E-state index contributed by atoms with van der Waals surface area (Å²) in [5, 5.41) is 15.6. The van der Waals surface area contributed by atoms with Gasteiger partial charge in [-0.15, -0.1) is 0 Å². The van der Waals surface area contributed by atoms with E-state index in [4.69, 9.17) is 16.7 Å². The summed E-state index contributed by atoms with van der Waals surface area (Å²) in [6, 6.07) is 5.64. The van der Waals surface area contributed by atoms with Crippen LogP contribution in [0.2, 0.25) is 5.02 Å². The SMILES string of the molecule is Cn1nccc1C(=O)Nc1cc(C(=O)O)ccc1Cl. The summed E-state index contributed by atoms with van der Waals surface area (Å²) in [5.41, 5.74) is 0.634. The van der Waals surface area contributed by atoms with E-state index in [1.807, 2.05) is 0 Å². The van der Waals surface area contributed by atoms with Crippen LogP contribution in [0, 0.1) is 0 Å². The quantitative estimate of drug-likeness (QED) is 0.900. The summed E-state index contributed by atoms with van der Waals surface area (Å²) >= 11 is 5.92. The third kappa shape index (κ3) is 2.74. The molecule has 2 rings (SSSR count). The van der Waals surface area contributed by atoms with Crippen molar-refractivity contribution in [2.45, 2.75) is 0 Å². The number of aromatic nitrogens is 2. The van der Waals surface area contributed by atoms with Crippen molar-refractivity contribution in [3.05, 3.63) is 46.7 Å². The van der Waals surface area contributed by atoms with Gasteiger partial charge in [0.1, 0.15) is 5.69 Å². The highest BCUT2D eigenvalue weighted by Crippen LogP contribution is 2.23. The minimum absolute atomic E-state index is 0.0460. The number of carbonyl (C=O) groups excluding carboxylic acids is 1. The van der Waals surface area contributed by atoms with Gasteiger partial charge in [-0.2, -0.15) is 5.10 Å². The average molecular weight is 280 g/mol. The van der Waals surface area contributed by atoms with Crippen LogP contribution in [0.25, 0.3) is 0 Å². The van der Waals surface area contributed by atoms with Gasteiger partial charge in [-0.05, 0) is 24.3 Å². The molecule has 19 heavy (non-hydrogen) atoms. The van der Waals surface area contributed by atoms with Crippen LogP contribution in [0.4, 0.5) is 5.69 Å². The molecule has 0 saturated carbocycles. The first-order valence-electron chi connectivity index (χ1n) is 5.31. The fraction of sp³-hybridized carbons (Fsp3) is 0.0833. The molecule has 0 radical (unpaired) electrons. The number of carbonyl (C=O) groups is 2. The zero-order valence-electron chi connectivity index (χ0n) is 9.92. The van der Waals surface area contributed by atoms with Crippen molar-refractivity contribution >= 4 is 29.2 Å². The Balaban J connectivity index is 2.28. The van der Waals surface area contributed by atoms with Gasteiger partial charge in [-0.1, -0.05) is 11.6 Å². The third-order valence-electron chi connectivity index (χ3n) is 2.52. The van der Waals surface area contributed by atoms with Crippen LogP contribution in [-0.4, -0.2) is 26.8 Å². The van der Waals surface area contributed by atoms with Crippen molar-refractivity contribution in [3.8, 4) is 0 Å². The highest BCUT2D eigenvalue weighted by Gasteiger charge is 2.13. The monoisotopic (exact) mass is 279 g/mol. The first kappa shape index (κ1) is 13.1. The standard InChI is InChI=1S/C12H10ClN3O3/c1-16-10(4-5-14-16)11(17)15-9-6-7(12(18)19)2-3-8(9)13/h2-6H,1H3,(H,15,17)(H,18,19). The molecule has 0 aliphatic carbocycles. The van der Waals surface area contributed by atoms with Gasteiger partial charge in [0.15, 0.2) is 0 Å². The second-order valence-electron chi connectivity index (χ2n) is 3.79. The van der Waals surface area contributed by atoms with E-state index in [0.29, 0.717) is 5.69 Å². The Hall–Kier alpha value is -2.34. The van der Waals surface area contributed by atoms with E-state index in [2.05, 4.69) is 10.4 Å². The van der Waals surface area contributed by atoms with Gasteiger partial charge < -0.3 is 10.4 Å². The Morgan fingerprint density at radius 2 is 2.11 bits per heavy atom. The normalized spacial score (nSPS) is 10.2. The number of carboxylic acids is 1. The number of hydrogen-bond donors (Lipinski definition) is 2. The van der Waals surface area contributed by atoms with Crippen molar-refractivity contribution in [2.24, 2.45) is 7.05 Å². The summed E-state index contributed by atoms with van der Waals surface area (Å²) in [6.45, 7) is 0. The van der Waals surface area contributed by atoms with Gasteiger partial charge in [0, 0.05) is 13.2 Å². The van der Waals surface area contributed by atoms with Gasteiger partial charge in [-0.25, -0.2) is 4.79 Å². The van der Waals surface area contributed by atoms with Gasteiger partial charge in [0.05, 0.1) is 16.3 Å². The number of amides is 1. The van der Waals surface area contributed by atoms with E-state index in [-0.39, 0.29) is 16.3 Å². The van der Waals surface area contributed by atoms with E-state index in [0.717, 1.165) is 0 Å². The number of rotatable bonds is 3. The number of nitrogens with zero attached hydrogens (tertiary/aromatic N) is 2.